The molecular weight excluding hydrogens is 171 g/mol. The first kappa shape index (κ1) is 13.1. The minimum atomic E-state index is 0. The van der Waals surface area contributed by atoms with Crippen molar-refractivity contribution in [1.29, 1.82) is 0 Å². The Hall–Kier alpha value is 0.500. The van der Waals surface area contributed by atoms with Crippen molar-refractivity contribution in [3.8, 4) is 0 Å². The van der Waals surface area contributed by atoms with E-state index < -0.39 is 0 Å². The summed E-state index contributed by atoms with van der Waals surface area (Å²) in [7, 11) is 0. The Morgan fingerprint density at radius 3 is 2.30 bits per heavy atom. The SMILES string of the molecule is CCNCC(Cl)NCC.Cl. The summed E-state index contributed by atoms with van der Waals surface area (Å²) in [6.45, 7) is 6.86. The molecule has 2 N–H and O–H groups in total. The van der Waals surface area contributed by atoms with Gasteiger partial charge in [-0.2, -0.15) is 0 Å². The maximum Gasteiger partial charge on any atom is 0.0951 e. The second-order valence-electron chi connectivity index (χ2n) is 1.83. The van der Waals surface area contributed by atoms with Crippen LogP contribution in [0, 0.1) is 0 Å². The fourth-order valence-corrected chi connectivity index (χ4v) is 0.828. The Morgan fingerprint density at radius 2 is 1.90 bits per heavy atom. The molecule has 1 unspecified atom stereocenters. The van der Waals surface area contributed by atoms with E-state index in [0.29, 0.717) is 0 Å². The molecule has 2 nitrogen and oxygen atoms in total. The summed E-state index contributed by atoms with van der Waals surface area (Å²) in [6.07, 6.45) is 0. The summed E-state index contributed by atoms with van der Waals surface area (Å²) >= 11 is 5.79. The molecule has 0 saturated heterocycles. The van der Waals surface area contributed by atoms with Crippen LogP contribution in [-0.4, -0.2) is 25.1 Å². The number of halogens is 2. The molecule has 0 rings (SSSR count). The van der Waals surface area contributed by atoms with E-state index in [2.05, 4.69) is 17.6 Å². The van der Waals surface area contributed by atoms with Crippen LogP contribution in [-0.2, 0) is 0 Å². The van der Waals surface area contributed by atoms with Gasteiger partial charge in [0.2, 0.25) is 0 Å². The van der Waals surface area contributed by atoms with Crippen molar-refractivity contribution in [2.45, 2.75) is 19.3 Å². The molecule has 0 saturated carbocycles. The second-order valence-corrected chi connectivity index (χ2v) is 2.36. The number of hydrogen-bond acceptors (Lipinski definition) is 2. The summed E-state index contributed by atoms with van der Waals surface area (Å²) in [6, 6.07) is 0. The molecule has 0 aromatic rings. The third-order valence-corrected chi connectivity index (χ3v) is 1.31. The van der Waals surface area contributed by atoms with Gasteiger partial charge in [0, 0.05) is 6.54 Å². The molecule has 0 radical (unpaired) electrons. The molecule has 0 aliphatic carbocycles. The standard InChI is InChI=1S/C6H15ClN2.ClH/c1-3-8-5-6(7)9-4-2;/h6,8-9H,3-5H2,1-2H3;1H. The largest absolute Gasteiger partial charge is 0.314 e. The highest BCUT2D eigenvalue weighted by molar-refractivity contribution is 6.20. The van der Waals surface area contributed by atoms with Crippen LogP contribution >= 0.6 is 24.0 Å². The third-order valence-electron chi connectivity index (χ3n) is 0.999. The van der Waals surface area contributed by atoms with Crippen molar-refractivity contribution in [2.24, 2.45) is 0 Å². The van der Waals surface area contributed by atoms with Gasteiger partial charge in [-0.1, -0.05) is 13.8 Å². The highest BCUT2D eigenvalue weighted by Crippen LogP contribution is 1.85. The zero-order chi connectivity index (χ0) is 7.11. The van der Waals surface area contributed by atoms with Crippen molar-refractivity contribution in [2.75, 3.05) is 19.6 Å². The molecule has 1 atom stereocenters. The number of nitrogens with one attached hydrogen (secondary N) is 2. The smallest absolute Gasteiger partial charge is 0.0951 e. The molecule has 0 spiro atoms. The predicted molar refractivity (Wildman–Crippen MR) is 49.1 cm³/mol. The van der Waals surface area contributed by atoms with E-state index in [1.807, 2.05) is 6.92 Å². The number of rotatable bonds is 5. The zero-order valence-corrected chi connectivity index (χ0v) is 8.06. The van der Waals surface area contributed by atoms with Crippen LogP contribution < -0.4 is 10.6 Å². The van der Waals surface area contributed by atoms with E-state index in [1.165, 1.54) is 0 Å². The van der Waals surface area contributed by atoms with Gasteiger partial charge in [0.25, 0.3) is 0 Å². The Morgan fingerprint density at radius 1 is 1.30 bits per heavy atom. The molecule has 0 fully saturated rings. The fourth-order valence-electron chi connectivity index (χ4n) is 0.565. The lowest BCUT2D eigenvalue weighted by Gasteiger charge is -2.08. The Labute approximate surface area is 74.1 Å². The first-order valence-corrected chi connectivity index (χ1v) is 3.83. The first-order valence-electron chi connectivity index (χ1n) is 3.39. The van der Waals surface area contributed by atoms with Gasteiger partial charge in [0.05, 0.1) is 5.50 Å². The molecule has 0 heterocycles. The van der Waals surface area contributed by atoms with Gasteiger partial charge >= 0.3 is 0 Å². The van der Waals surface area contributed by atoms with E-state index in [1.54, 1.807) is 0 Å². The molecule has 4 heteroatoms. The zero-order valence-electron chi connectivity index (χ0n) is 6.48. The average Bonchev–Trinajstić information content (AvgIpc) is 1.85. The van der Waals surface area contributed by atoms with Gasteiger partial charge < -0.3 is 10.6 Å². The second kappa shape index (κ2) is 9.50. The molecule has 0 bridgehead atoms. The number of likely N-dealkylation sites (N-methyl/N-ethyl adjacent to an activating group) is 2. The van der Waals surface area contributed by atoms with Crippen LogP contribution in [0.2, 0.25) is 0 Å². The highest BCUT2D eigenvalue weighted by atomic mass is 35.5. The van der Waals surface area contributed by atoms with Gasteiger partial charge in [-0.15, -0.1) is 24.0 Å². The molecule has 0 aromatic carbocycles. The topological polar surface area (TPSA) is 24.1 Å². The van der Waals surface area contributed by atoms with E-state index in [0.717, 1.165) is 19.6 Å². The summed E-state index contributed by atoms with van der Waals surface area (Å²) in [5, 5.41) is 6.22. The molecule has 64 valence electrons. The fraction of sp³-hybridized carbons (Fsp3) is 1.00. The first-order chi connectivity index (χ1) is 4.31. The number of alkyl halides is 1. The highest BCUT2D eigenvalue weighted by Gasteiger charge is 1.97. The van der Waals surface area contributed by atoms with Crippen molar-refractivity contribution < 1.29 is 0 Å². The molecule has 0 amide bonds. The van der Waals surface area contributed by atoms with E-state index in [-0.39, 0.29) is 17.9 Å². The summed E-state index contributed by atoms with van der Waals surface area (Å²) in [4.78, 5) is 0. The quantitative estimate of drug-likeness (QED) is 0.499. The summed E-state index contributed by atoms with van der Waals surface area (Å²) in [5.74, 6) is 0. The minimum Gasteiger partial charge on any atom is -0.314 e. The van der Waals surface area contributed by atoms with Crippen molar-refractivity contribution >= 4 is 24.0 Å². The Kier molecular flexibility index (Phi) is 12.5. The van der Waals surface area contributed by atoms with Crippen molar-refractivity contribution in [3.05, 3.63) is 0 Å². The molecule has 0 aliphatic heterocycles. The number of hydrogen-bond donors (Lipinski definition) is 2. The monoisotopic (exact) mass is 186 g/mol. The lowest BCUT2D eigenvalue weighted by molar-refractivity contribution is 0.600. The minimum absolute atomic E-state index is 0. The molecule has 0 aliphatic rings. The van der Waals surface area contributed by atoms with Crippen LogP contribution in [0.1, 0.15) is 13.8 Å². The van der Waals surface area contributed by atoms with Crippen molar-refractivity contribution in [1.82, 2.24) is 10.6 Å². The van der Waals surface area contributed by atoms with Crippen LogP contribution in [0.15, 0.2) is 0 Å². The maximum absolute atomic E-state index is 5.79. The average molecular weight is 187 g/mol. The van der Waals surface area contributed by atoms with Crippen molar-refractivity contribution in [3.63, 3.8) is 0 Å². The lowest BCUT2D eigenvalue weighted by Crippen LogP contribution is -2.34. The van der Waals surface area contributed by atoms with Gasteiger partial charge in [-0.25, -0.2) is 0 Å². The Bertz CT molecular complexity index is 61.7. The molecule has 10 heavy (non-hydrogen) atoms. The normalized spacial score (nSPS) is 12.3. The van der Waals surface area contributed by atoms with Gasteiger partial charge in [0.15, 0.2) is 0 Å². The van der Waals surface area contributed by atoms with Crippen LogP contribution in [0.25, 0.3) is 0 Å². The Balaban J connectivity index is 0. The predicted octanol–water partition coefficient (Wildman–Crippen LogP) is 1.19. The van der Waals surface area contributed by atoms with E-state index >= 15 is 0 Å². The summed E-state index contributed by atoms with van der Waals surface area (Å²) < 4.78 is 0. The van der Waals surface area contributed by atoms with Crippen LogP contribution in [0.3, 0.4) is 0 Å². The lowest BCUT2D eigenvalue weighted by atomic mass is 10.5. The van der Waals surface area contributed by atoms with Crippen LogP contribution in [0.4, 0.5) is 0 Å². The van der Waals surface area contributed by atoms with Gasteiger partial charge in [0.1, 0.15) is 0 Å². The molecule has 0 aromatic heterocycles. The summed E-state index contributed by atoms with van der Waals surface area (Å²) in [5.41, 5.74) is 0.0787. The van der Waals surface area contributed by atoms with Gasteiger partial charge in [-0.05, 0) is 13.1 Å². The van der Waals surface area contributed by atoms with E-state index in [9.17, 15) is 0 Å². The third kappa shape index (κ3) is 8.50. The van der Waals surface area contributed by atoms with Crippen LogP contribution in [0.5, 0.6) is 0 Å². The maximum atomic E-state index is 5.79. The van der Waals surface area contributed by atoms with E-state index in [4.69, 9.17) is 11.6 Å². The molecular formula is C6H16Cl2N2. The van der Waals surface area contributed by atoms with Gasteiger partial charge in [-0.3, -0.25) is 0 Å².